The average Bonchev–Trinajstić information content (AvgIpc) is 2.64. The Hall–Kier alpha value is -3.35. The molecule has 3 rings (SSSR count). The van der Waals surface area contributed by atoms with Crippen molar-refractivity contribution in [3.63, 3.8) is 0 Å². The summed E-state index contributed by atoms with van der Waals surface area (Å²) in [6, 6.07) is 13.8. The van der Waals surface area contributed by atoms with E-state index in [1.165, 1.54) is 0 Å². The molecule has 0 aliphatic heterocycles. The number of amides is 1. The number of aromatic amines is 1. The number of fused-ring (bicyclic) bond motifs is 1. The molecule has 0 saturated heterocycles. The Morgan fingerprint density at radius 1 is 1.08 bits per heavy atom. The Balaban J connectivity index is 1.77. The fourth-order valence-electron chi connectivity index (χ4n) is 2.60. The van der Waals surface area contributed by atoms with Crippen LogP contribution in [0.4, 0.5) is 0 Å². The lowest BCUT2D eigenvalue weighted by Crippen LogP contribution is -2.36. The van der Waals surface area contributed by atoms with Gasteiger partial charge < -0.3 is 10.1 Å². The number of nitrogens with zero attached hydrogens (tertiary/aromatic N) is 1. The van der Waals surface area contributed by atoms with E-state index in [2.05, 4.69) is 10.4 Å². The summed E-state index contributed by atoms with van der Waals surface area (Å²) in [4.78, 5) is 36.6. The van der Waals surface area contributed by atoms with Crippen LogP contribution in [0.2, 0.25) is 0 Å². The first kappa shape index (κ1) is 16.5. The molecule has 0 unspecified atom stereocenters. The van der Waals surface area contributed by atoms with E-state index in [4.69, 9.17) is 4.74 Å². The predicted molar refractivity (Wildman–Crippen MR) is 93.7 cm³/mol. The van der Waals surface area contributed by atoms with Crippen molar-refractivity contribution in [3.05, 3.63) is 74.8 Å². The number of carbonyl (C=O) groups excluding carboxylic acids is 1. The molecule has 0 spiro atoms. The zero-order chi connectivity index (χ0) is 17.8. The lowest BCUT2D eigenvalue weighted by molar-refractivity contribution is -0.122. The molecule has 1 aromatic heterocycles. The number of methoxy groups -OCH3 is 1. The highest BCUT2D eigenvalue weighted by Gasteiger charge is 2.10. The smallest absolute Gasteiger partial charge is 0.273 e. The maximum Gasteiger partial charge on any atom is 0.273 e. The lowest BCUT2D eigenvalue weighted by atomic mass is 10.2. The molecule has 0 aliphatic rings. The summed E-state index contributed by atoms with van der Waals surface area (Å²) in [5, 5.41) is 5.73. The molecule has 0 fully saturated rings. The number of aromatic nitrogens is 2. The lowest BCUT2D eigenvalue weighted by Gasteiger charge is -2.10. The van der Waals surface area contributed by atoms with Crippen molar-refractivity contribution in [2.24, 2.45) is 0 Å². The normalized spacial score (nSPS) is 10.6. The Labute approximate surface area is 142 Å². The fraction of sp³-hybridized carbons (Fsp3) is 0.167. The first-order valence-electron chi connectivity index (χ1n) is 7.70. The van der Waals surface area contributed by atoms with Crippen LogP contribution < -0.4 is 21.2 Å². The molecule has 0 bridgehead atoms. The molecule has 0 radical (unpaired) electrons. The number of hydrogen-bond acceptors (Lipinski definition) is 4. The molecule has 0 saturated carbocycles. The van der Waals surface area contributed by atoms with E-state index >= 15 is 0 Å². The number of nitrogens with one attached hydrogen (secondary N) is 2. The molecule has 3 aromatic rings. The van der Waals surface area contributed by atoms with Gasteiger partial charge in [-0.15, -0.1) is 0 Å². The Kier molecular flexibility index (Phi) is 4.65. The van der Waals surface area contributed by atoms with Gasteiger partial charge in [0.15, 0.2) is 0 Å². The van der Waals surface area contributed by atoms with Crippen molar-refractivity contribution in [2.45, 2.75) is 13.1 Å². The number of rotatable bonds is 5. The van der Waals surface area contributed by atoms with Crippen molar-refractivity contribution in [3.8, 4) is 5.75 Å². The summed E-state index contributed by atoms with van der Waals surface area (Å²) in [6.45, 7) is -0.0104. The predicted octanol–water partition coefficient (Wildman–Crippen LogP) is 1.01. The van der Waals surface area contributed by atoms with Gasteiger partial charge in [0.25, 0.3) is 11.1 Å². The van der Waals surface area contributed by atoms with Gasteiger partial charge in [-0.3, -0.25) is 19.5 Å². The Bertz CT molecular complexity index is 1040. The number of benzene rings is 2. The molecule has 1 heterocycles. The van der Waals surface area contributed by atoms with Gasteiger partial charge in [-0.2, -0.15) is 0 Å². The van der Waals surface area contributed by atoms with Gasteiger partial charge in [0.1, 0.15) is 12.3 Å². The maximum absolute atomic E-state index is 12.4. The molecule has 25 heavy (non-hydrogen) atoms. The van der Waals surface area contributed by atoms with Crippen molar-refractivity contribution >= 4 is 16.7 Å². The molecular formula is C18H17N3O4. The number of hydrogen-bond donors (Lipinski definition) is 2. The monoisotopic (exact) mass is 339 g/mol. The standard InChI is InChI=1S/C18H17N3O4/c1-25-15-9-5-2-6-12(15)10-19-16(22)11-21-18(24)14-8-4-3-7-13(14)17(23)20-21/h2-9H,10-11H2,1H3,(H,19,22)(H,20,23). The first-order valence-corrected chi connectivity index (χ1v) is 7.70. The number of ether oxygens (including phenoxy) is 1. The summed E-state index contributed by atoms with van der Waals surface area (Å²) in [7, 11) is 1.56. The Morgan fingerprint density at radius 2 is 1.76 bits per heavy atom. The van der Waals surface area contributed by atoms with E-state index in [0.717, 1.165) is 10.2 Å². The number of H-pyrrole nitrogens is 1. The van der Waals surface area contributed by atoms with Crippen molar-refractivity contribution < 1.29 is 9.53 Å². The second kappa shape index (κ2) is 7.04. The molecule has 7 heteroatoms. The molecule has 1 amide bonds. The molecule has 2 N–H and O–H groups in total. The molecular weight excluding hydrogens is 322 g/mol. The van der Waals surface area contributed by atoms with E-state index in [1.807, 2.05) is 18.2 Å². The van der Waals surface area contributed by atoms with Gasteiger partial charge in [-0.05, 0) is 18.2 Å². The van der Waals surface area contributed by atoms with Crippen LogP contribution in [-0.2, 0) is 17.9 Å². The topological polar surface area (TPSA) is 93.2 Å². The highest BCUT2D eigenvalue weighted by Crippen LogP contribution is 2.16. The molecule has 0 aliphatic carbocycles. The van der Waals surface area contributed by atoms with Crippen molar-refractivity contribution in [1.29, 1.82) is 0 Å². The highest BCUT2D eigenvalue weighted by atomic mass is 16.5. The third-order valence-corrected chi connectivity index (χ3v) is 3.85. The average molecular weight is 339 g/mol. The van der Waals surface area contributed by atoms with Crippen LogP contribution in [0.3, 0.4) is 0 Å². The Morgan fingerprint density at radius 3 is 2.52 bits per heavy atom. The second-order valence-electron chi connectivity index (χ2n) is 5.47. The van der Waals surface area contributed by atoms with Crippen molar-refractivity contribution in [2.75, 3.05) is 7.11 Å². The summed E-state index contributed by atoms with van der Waals surface area (Å²) in [5.41, 5.74) is -0.00641. The van der Waals surface area contributed by atoms with E-state index in [0.29, 0.717) is 11.1 Å². The molecule has 128 valence electrons. The minimum atomic E-state index is -0.414. The van der Waals surface area contributed by atoms with Gasteiger partial charge >= 0.3 is 0 Å². The quantitative estimate of drug-likeness (QED) is 0.726. The second-order valence-corrected chi connectivity index (χ2v) is 5.47. The molecule has 2 aromatic carbocycles. The zero-order valence-electron chi connectivity index (χ0n) is 13.6. The number of carbonyl (C=O) groups is 1. The van der Waals surface area contributed by atoms with E-state index in [9.17, 15) is 14.4 Å². The zero-order valence-corrected chi connectivity index (χ0v) is 13.6. The van der Waals surface area contributed by atoms with E-state index in [1.54, 1.807) is 37.4 Å². The van der Waals surface area contributed by atoms with Crippen LogP contribution in [0.5, 0.6) is 5.75 Å². The summed E-state index contributed by atoms with van der Waals surface area (Å²) in [6.07, 6.45) is 0. The number of para-hydroxylation sites is 1. The SMILES string of the molecule is COc1ccccc1CNC(=O)Cn1[nH]c(=O)c2ccccc2c1=O. The van der Waals surface area contributed by atoms with Gasteiger partial charge in [-0.25, -0.2) is 4.68 Å². The highest BCUT2D eigenvalue weighted by molar-refractivity contribution is 5.81. The first-order chi connectivity index (χ1) is 12.1. The van der Waals surface area contributed by atoms with Gasteiger partial charge in [-0.1, -0.05) is 30.3 Å². The van der Waals surface area contributed by atoms with Crippen LogP contribution in [0, 0.1) is 0 Å². The molecule has 7 nitrogen and oxygen atoms in total. The summed E-state index contributed by atoms with van der Waals surface area (Å²) < 4.78 is 6.24. The van der Waals surface area contributed by atoms with E-state index < -0.39 is 11.1 Å². The minimum absolute atomic E-state index is 0.259. The van der Waals surface area contributed by atoms with Crippen LogP contribution >= 0.6 is 0 Å². The van der Waals surface area contributed by atoms with Gasteiger partial charge in [0.05, 0.1) is 17.9 Å². The van der Waals surface area contributed by atoms with Crippen molar-refractivity contribution in [1.82, 2.24) is 15.1 Å². The molecule has 0 atom stereocenters. The van der Waals surface area contributed by atoms with Gasteiger partial charge in [0, 0.05) is 12.1 Å². The fourth-order valence-corrected chi connectivity index (χ4v) is 2.60. The van der Waals surface area contributed by atoms with Crippen LogP contribution in [0.15, 0.2) is 58.1 Å². The van der Waals surface area contributed by atoms with Crippen LogP contribution in [-0.4, -0.2) is 22.8 Å². The largest absolute Gasteiger partial charge is 0.496 e. The maximum atomic E-state index is 12.4. The van der Waals surface area contributed by atoms with E-state index in [-0.39, 0.29) is 24.4 Å². The summed E-state index contributed by atoms with van der Waals surface area (Å²) >= 11 is 0. The minimum Gasteiger partial charge on any atom is -0.496 e. The third kappa shape index (κ3) is 3.45. The van der Waals surface area contributed by atoms with Gasteiger partial charge in [0.2, 0.25) is 5.91 Å². The third-order valence-electron chi connectivity index (χ3n) is 3.85. The van der Waals surface area contributed by atoms with Crippen LogP contribution in [0.1, 0.15) is 5.56 Å². The summed E-state index contributed by atoms with van der Waals surface area (Å²) in [5.74, 6) is 0.276. The van der Waals surface area contributed by atoms with Crippen LogP contribution in [0.25, 0.3) is 10.8 Å².